The molecule has 8 rings (SSSR count). The summed E-state index contributed by atoms with van der Waals surface area (Å²) in [5.74, 6) is 0. The Morgan fingerprint density at radius 2 is 0.397 bits per heavy atom. The first-order valence-electron chi connectivity index (χ1n) is 18.3. The van der Waals surface area contributed by atoms with Gasteiger partial charge in [0.2, 0.25) is 0 Å². The van der Waals surface area contributed by atoms with E-state index in [4.69, 9.17) is 0 Å². The number of hydrogen-bond donors (Lipinski definition) is 0. The van der Waals surface area contributed by atoms with Crippen molar-refractivity contribution in [3.05, 3.63) is 195 Å². The molecule has 0 radical (unpaired) electrons. The van der Waals surface area contributed by atoms with Gasteiger partial charge in [-0.2, -0.15) is 0 Å². The quantitative estimate of drug-likeness (QED) is 0.0899. The molecular formula is C44H40AuBrN8P4. The van der Waals surface area contributed by atoms with Crippen LogP contribution in [0.1, 0.15) is 0 Å². The summed E-state index contributed by atoms with van der Waals surface area (Å²) in [5, 5.41) is 0. The molecule has 0 saturated heterocycles. The Kier molecular flexibility index (Phi) is 18.8. The van der Waals surface area contributed by atoms with Crippen molar-refractivity contribution in [3.8, 4) is 0 Å². The summed E-state index contributed by atoms with van der Waals surface area (Å²) in [6, 6.07) is 49.1. The Balaban J connectivity index is 0.000000188. The zero-order valence-corrected chi connectivity index (χ0v) is 38.7. The van der Waals surface area contributed by atoms with Crippen LogP contribution in [0.25, 0.3) is 0 Å². The summed E-state index contributed by atoms with van der Waals surface area (Å²) in [4.78, 5) is 37.1. The third-order valence-electron chi connectivity index (χ3n) is 8.50. The van der Waals surface area contributed by atoms with Crippen LogP contribution in [0.4, 0.5) is 0 Å². The van der Waals surface area contributed by atoms with Gasteiger partial charge in [-0.1, -0.05) is 48.5 Å². The largest absolute Gasteiger partial charge is 0.256 e. The van der Waals surface area contributed by atoms with Crippen LogP contribution >= 0.6 is 44.7 Å². The Labute approximate surface area is 364 Å². The van der Waals surface area contributed by atoms with Crippen LogP contribution in [0, 0.1) is 0 Å². The first-order chi connectivity index (χ1) is 28.8. The number of pyridine rings is 8. The van der Waals surface area contributed by atoms with Gasteiger partial charge < -0.3 is 0 Å². The maximum atomic E-state index is 4.64. The van der Waals surface area contributed by atoms with E-state index >= 15 is 0 Å². The molecule has 0 fully saturated rings. The molecular weight excluding hydrogens is 1040 g/mol. The van der Waals surface area contributed by atoms with Crippen molar-refractivity contribution >= 4 is 88.2 Å². The standard InChI is InChI=1S/2C22H20N4P2.Au.BrH/c2*1-5-13-23-19(9-1)27(20-10-2-6-14-24-20)17-18-28(21-11-3-7-15-25-21)22-12-4-8-16-26-22;;/h2*1-16H,17-18H2;;1H/q;;+1;/p-1. The molecule has 14 heteroatoms. The number of aromatic nitrogens is 8. The second-order valence-electron chi connectivity index (χ2n) is 12.1. The number of rotatable bonds is 14. The van der Waals surface area contributed by atoms with E-state index in [1.165, 1.54) is 0 Å². The second kappa shape index (κ2) is 24.9. The van der Waals surface area contributed by atoms with E-state index in [1.807, 2.05) is 98.1 Å². The molecule has 0 unspecified atom stereocenters. The van der Waals surface area contributed by atoms with Gasteiger partial charge in [0.15, 0.2) is 0 Å². The Morgan fingerprint density at radius 3 is 0.500 bits per heavy atom. The summed E-state index contributed by atoms with van der Waals surface area (Å²) in [6.07, 6.45) is 19.0. The van der Waals surface area contributed by atoms with Gasteiger partial charge in [0.1, 0.15) is 0 Å². The van der Waals surface area contributed by atoms with Crippen molar-refractivity contribution < 1.29 is 18.9 Å². The van der Waals surface area contributed by atoms with Gasteiger partial charge in [-0.3, -0.25) is 39.9 Å². The van der Waals surface area contributed by atoms with E-state index in [-0.39, 0.29) is 0 Å². The summed E-state index contributed by atoms with van der Waals surface area (Å²) < 4.78 is 0. The second-order valence-corrected chi connectivity index (χ2v) is 21.0. The van der Waals surface area contributed by atoms with Crippen molar-refractivity contribution in [3.63, 3.8) is 0 Å². The van der Waals surface area contributed by atoms with E-state index in [9.17, 15) is 0 Å². The molecule has 0 aliphatic rings. The van der Waals surface area contributed by atoms with Crippen molar-refractivity contribution in [1.29, 1.82) is 0 Å². The van der Waals surface area contributed by atoms with Crippen molar-refractivity contribution in [1.82, 2.24) is 39.9 Å². The van der Waals surface area contributed by atoms with Gasteiger partial charge in [-0.05, 0) is 153 Å². The van der Waals surface area contributed by atoms with Crippen molar-refractivity contribution in [2.45, 2.75) is 0 Å². The van der Waals surface area contributed by atoms with Gasteiger partial charge in [0.25, 0.3) is 0 Å². The van der Waals surface area contributed by atoms with E-state index in [1.54, 1.807) is 0 Å². The molecule has 0 bridgehead atoms. The molecule has 0 N–H and O–H groups in total. The molecule has 0 spiro atoms. The Morgan fingerprint density at radius 1 is 0.259 bits per heavy atom. The molecule has 0 saturated carbocycles. The SMILES string of the molecule is [Br][Au].c1ccc(P(CCP(c2ccccn2)c2ccccn2)c2ccccn2)nc1.c1ccc(P(CCP(c2ccccn2)c2ccccn2)c2ccccn2)nc1. The van der Waals surface area contributed by atoms with Gasteiger partial charge in [0, 0.05) is 49.6 Å². The van der Waals surface area contributed by atoms with Crippen LogP contribution in [-0.4, -0.2) is 64.5 Å². The fraction of sp³-hybridized carbons (Fsp3) is 0.0909. The Hall–Kier alpha value is -3.86. The minimum atomic E-state index is -0.626. The molecule has 0 aliphatic heterocycles. The summed E-state index contributed by atoms with van der Waals surface area (Å²) in [7, 11) is -2.50. The topological polar surface area (TPSA) is 103 Å². The number of hydrogen-bond acceptors (Lipinski definition) is 8. The molecule has 8 aromatic rings. The molecule has 0 aliphatic carbocycles. The molecule has 58 heavy (non-hydrogen) atoms. The van der Waals surface area contributed by atoms with E-state index in [0.717, 1.165) is 68.1 Å². The predicted octanol–water partition coefficient (Wildman–Crippen LogP) is 6.51. The predicted molar refractivity (Wildman–Crippen MR) is 247 cm³/mol. The molecule has 8 nitrogen and oxygen atoms in total. The third kappa shape index (κ3) is 13.1. The normalized spacial score (nSPS) is 10.8. The van der Waals surface area contributed by atoms with Gasteiger partial charge in [-0.25, -0.2) is 0 Å². The Bertz CT molecular complexity index is 1800. The molecule has 0 aromatic carbocycles. The zero-order chi connectivity index (χ0) is 40.0. The fourth-order valence-corrected chi connectivity index (χ4v) is 15.6. The van der Waals surface area contributed by atoms with Gasteiger partial charge in [-0.15, -0.1) is 0 Å². The molecule has 294 valence electrons. The summed E-state index contributed by atoms with van der Waals surface area (Å²) in [6.45, 7) is 0. The number of halogens is 1. The average Bonchev–Trinajstić information content (AvgIpc) is 3.32. The first-order valence-corrected chi connectivity index (χ1v) is 29.2. The average molecular weight is 1080 g/mol. The minimum absolute atomic E-state index is 0.626. The van der Waals surface area contributed by atoms with E-state index in [2.05, 4.69) is 169 Å². The zero-order valence-electron chi connectivity index (χ0n) is 31.3. The van der Waals surface area contributed by atoms with Crippen LogP contribution in [-0.2, 0) is 18.9 Å². The summed E-state index contributed by atoms with van der Waals surface area (Å²) >= 11 is 4.97. The number of nitrogens with zero attached hydrogens (tertiary/aromatic N) is 8. The van der Waals surface area contributed by atoms with Crippen LogP contribution in [0.15, 0.2) is 195 Å². The molecule has 8 heterocycles. The smallest absolute Gasteiger partial charge is 0.0692 e. The fourth-order valence-electron chi connectivity index (χ4n) is 5.89. The van der Waals surface area contributed by atoms with E-state index in [0.29, 0.717) is 0 Å². The monoisotopic (exact) mass is 1080 g/mol. The third-order valence-corrected chi connectivity index (χ3v) is 18.4. The van der Waals surface area contributed by atoms with Crippen molar-refractivity contribution in [2.24, 2.45) is 0 Å². The maximum Gasteiger partial charge on any atom is 0.0692 e. The van der Waals surface area contributed by atoms with Gasteiger partial charge >= 0.3 is 32.0 Å². The minimum Gasteiger partial charge on any atom is -0.256 e. The van der Waals surface area contributed by atoms with E-state index < -0.39 is 31.7 Å². The maximum absolute atomic E-state index is 4.64. The van der Waals surface area contributed by atoms with Gasteiger partial charge in [0.05, 0.1) is 43.5 Å². The van der Waals surface area contributed by atoms with Crippen LogP contribution in [0.2, 0.25) is 0 Å². The van der Waals surface area contributed by atoms with Crippen LogP contribution < -0.4 is 43.5 Å². The first kappa shape index (κ1) is 43.7. The molecule has 8 aromatic heterocycles. The van der Waals surface area contributed by atoms with Crippen molar-refractivity contribution in [2.75, 3.05) is 24.6 Å². The summed E-state index contributed by atoms with van der Waals surface area (Å²) in [5.41, 5.74) is 8.95. The van der Waals surface area contributed by atoms with Crippen LogP contribution in [0.3, 0.4) is 0 Å². The van der Waals surface area contributed by atoms with Crippen LogP contribution in [0.5, 0.6) is 0 Å². The molecule has 0 amide bonds. The molecule has 0 atom stereocenters.